The number of benzene rings is 2. The number of carboxylic acid groups (broad SMARTS) is 1. The largest absolute Gasteiger partial charge is 0.478 e. The Balaban J connectivity index is 2.28. The van der Waals surface area contributed by atoms with Gasteiger partial charge in [0.25, 0.3) is 0 Å². The maximum Gasteiger partial charge on any atom is 0.335 e. The second kappa shape index (κ2) is 7.43. The van der Waals surface area contributed by atoms with Crippen LogP contribution in [-0.4, -0.2) is 16.2 Å². The van der Waals surface area contributed by atoms with Crippen LogP contribution in [0.15, 0.2) is 48.5 Å². The predicted molar refractivity (Wildman–Crippen MR) is 87.5 cm³/mol. The highest BCUT2D eigenvalue weighted by Gasteiger charge is 2.22. The normalized spacial score (nSPS) is 13.6. The minimum atomic E-state index is -0.947. The highest BCUT2D eigenvalue weighted by Crippen LogP contribution is 2.35. The van der Waals surface area contributed by atoms with Crippen LogP contribution in [0.5, 0.6) is 0 Å². The molecular formula is C18H19ClO3. The van der Waals surface area contributed by atoms with Crippen LogP contribution in [0.25, 0.3) is 0 Å². The molecular weight excluding hydrogens is 300 g/mol. The molecule has 0 aromatic heterocycles. The van der Waals surface area contributed by atoms with Crippen LogP contribution in [0, 0.1) is 0 Å². The zero-order chi connectivity index (χ0) is 16.1. The van der Waals surface area contributed by atoms with Crippen molar-refractivity contribution >= 4 is 17.6 Å². The third-order valence-electron chi connectivity index (χ3n) is 3.78. The Morgan fingerprint density at radius 2 is 1.59 bits per heavy atom. The zero-order valence-electron chi connectivity index (χ0n) is 12.4. The predicted octanol–water partition coefficient (Wildman–Crippen LogP) is 4.66. The molecule has 0 saturated carbocycles. The third kappa shape index (κ3) is 3.87. The van der Waals surface area contributed by atoms with Gasteiger partial charge in [0.15, 0.2) is 0 Å². The average molecular weight is 319 g/mol. The first-order valence-corrected chi connectivity index (χ1v) is 7.67. The lowest BCUT2D eigenvalue weighted by Gasteiger charge is -2.23. The van der Waals surface area contributed by atoms with Gasteiger partial charge < -0.3 is 10.2 Å². The van der Waals surface area contributed by atoms with Crippen molar-refractivity contribution in [3.05, 3.63) is 70.2 Å². The smallest absolute Gasteiger partial charge is 0.335 e. The molecule has 2 rings (SSSR count). The van der Waals surface area contributed by atoms with Crippen molar-refractivity contribution in [2.24, 2.45) is 0 Å². The van der Waals surface area contributed by atoms with Gasteiger partial charge in [0, 0.05) is 10.9 Å². The standard InChI is InChI=1S/C18H19ClO3/c1-2-3-16(12-4-6-14(7-5-12)18(21)22)17(20)13-8-10-15(19)11-9-13/h4-11,16-17,20H,2-3H2,1H3,(H,21,22)/t16-,17+/m1/s1. The summed E-state index contributed by atoms with van der Waals surface area (Å²) in [5.41, 5.74) is 2.00. The molecule has 0 aliphatic heterocycles. The van der Waals surface area contributed by atoms with Crippen molar-refractivity contribution in [3.63, 3.8) is 0 Å². The number of hydrogen-bond acceptors (Lipinski definition) is 2. The Hall–Kier alpha value is -1.84. The van der Waals surface area contributed by atoms with Gasteiger partial charge in [-0.05, 0) is 41.8 Å². The molecule has 116 valence electrons. The van der Waals surface area contributed by atoms with Gasteiger partial charge in [-0.3, -0.25) is 0 Å². The summed E-state index contributed by atoms with van der Waals surface area (Å²) in [6.45, 7) is 2.06. The molecule has 4 heteroatoms. The maximum atomic E-state index is 10.9. The quantitative estimate of drug-likeness (QED) is 0.814. The number of aromatic carboxylic acids is 1. The third-order valence-corrected chi connectivity index (χ3v) is 4.03. The Labute approximate surface area is 135 Å². The van der Waals surface area contributed by atoms with Crippen molar-refractivity contribution < 1.29 is 15.0 Å². The van der Waals surface area contributed by atoms with E-state index in [4.69, 9.17) is 16.7 Å². The van der Waals surface area contributed by atoms with Crippen LogP contribution in [0.2, 0.25) is 5.02 Å². The van der Waals surface area contributed by atoms with Gasteiger partial charge in [-0.1, -0.05) is 49.2 Å². The highest BCUT2D eigenvalue weighted by atomic mass is 35.5. The number of carbonyl (C=O) groups is 1. The summed E-state index contributed by atoms with van der Waals surface area (Å²) in [4.78, 5) is 10.9. The van der Waals surface area contributed by atoms with Crippen LogP contribution < -0.4 is 0 Å². The zero-order valence-corrected chi connectivity index (χ0v) is 13.1. The molecule has 3 nitrogen and oxygen atoms in total. The summed E-state index contributed by atoms with van der Waals surface area (Å²) in [5.74, 6) is -1.02. The van der Waals surface area contributed by atoms with E-state index in [1.807, 2.05) is 12.1 Å². The molecule has 22 heavy (non-hydrogen) atoms. The molecule has 2 aromatic carbocycles. The van der Waals surface area contributed by atoms with E-state index in [9.17, 15) is 9.90 Å². The Morgan fingerprint density at radius 1 is 1.05 bits per heavy atom. The Kier molecular flexibility index (Phi) is 5.58. The fourth-order valence-electron chi connectivity index (χ4n) is 2.58. The number of halogens is 1. The fourth-order valence-corrected chi connectivity index (χ4v) is 2.71. The number of carboxylic acids is 1. The summed E-state index contributed by atoms with van der Waals surface area (Å²) in [6, 6.07) is 13.9. The van der Waals surface area contributed by atoms with Crippen LogP contribution >= 0.6 is 11.6 Å². The van der Waals surface area contributed by atoms with Crippen molar-refractivity contribution in [2.75, 3.05) is 0 Å². The topological polar surface area (TPSA) is 57.5 Å². The van der Waals surface area contributed by atoms with E-state index in [2.05, 4.69) is 6.92 Å². The molecule has 0 saturated heterocycles. The molecule has 0 aliphatic rings. The van der Waals surface area contributed by atoms with Gasteiger partial charge >= 0.3 is 5.97 Å². The number of aliphatic hydroxyl groups excluding tert-OH is 1. The molecule has 0 bridgehead atoms. The Morgan fingerprint density at radius 3 is 2.09 bits per heavy atom. The highest BCUT2D eigenvalue weighted by molar-refractivity contribution is 6.30. The van der Waals surface area contributed by atoms with Gasteiger partial charge in [-0.25, -0.2) is 4.79 Å². The Bertz CT molecular complexity index is 620. The van der Waals surface area contributed by atoms with Crippen molar-refractivity contribution in [1.29, 1.82) is 0 Å². The maximum absolute atomic E-state index is 10.9. The number of aliphatic hydroxyl groups is 1. The summed E-state index contributed by atoms with van der Waals surface area (Å²) < 4.78 is 0. The van der Waals surface area contributed by atoms with E-state index < -0.39 is 12.1 Å². The average Bonchev–Trinajstić information content (AvgIpc) is 2.53. The van der Waals surface area contributed by atoms with Gasteiger partial charge in [0.05, 0.1) is 11.7 Å². The first kappa shape index (κ1) is 16.5. The minimum Gasteiger partial charge on any atom is -0.478 e. The summed E-state index contributed by atoms with van der Waals surface area (Å²) in [6.07, 6.45) is 1.10. The lowest BCUT2D eigenvalue weighted by molar-refractivity contribution is 0.0697. The fraction of sp³-hybridized carbons (Fsp3) is 0.278. The van der Waals surface area contributed by atoms with E-state index in [1.54, 1.807) is 36.4 Å². The van der Waals surface area contributed by atoms with Crippen molar-refractivity contribution in [3.8, 4) is 0 Å². The minimum absolute atomic E-state index is 0.0750. The number of rotatable bonds is 6. The van der Waals surface area contributed by atoms with Crippen LogP contribution in [-0.2, 0) is 0 Å². The van der Waals surface area contributed by atoms with E-state index in [-0.39, 0.29) is 11.5 Å². The summed E-state index contributed by atoms with van der Waals surface area (Å²) >= 11 is 5.88. The molecule has 0 aliphatic carbocycles. The molecule has 0 amide bonds. The SMILES string of the molecule is CCC[C@H](c1ccc(C(=O)O)cc1)[C@@H](O)c1ccc(Cl)cc1. The first-order valence-electron chi connectivity index (χ1n) is 7.29. The molecule has 0 spiro atoms. The monoisotopic (exact) mass is 318 g/mol. The van der Waals surface area contributed by atoms with Crippen molar-refractivity contribution in [1.82, 2.24) is 0 Å². The lowest BCUT2D eigenvalue weighted by Crippen LogP contribution is -2.11. The second-order valence-corrected chi connectivity index (χ2v) is 5.76. The van der Waals surface area contributed by atoms with E-state index in [1.165, 1.54) is 0 Å². The van der Waals surface area contributed by atoms with Crippen LogP contribution in [0.4, 0.5) is 0 Å². The number of hydrogen-bond donors (Lipinski definition) is 2. The van der Waals surface area contributed by atoms with Gasteiger partial charge in [-0.15, -0.1) is 0 Å². The lowest BCUT2D eigenvalue weighted by atomic mass is 9.85. The summed E-state index contributed by atoms with van der Waals surface area (Å²) in [7, 11) is 0. The van der Waals surface area contributed by atoms with E-state index in [0.29, 0.717) is 5.02 Å². The van der Waals surface area contributed by atoms with Crippen LogP contribution in [0.3, 0.4) is 0 Å². The van der Waals surface area contributed by atoms with Crippen LogP contribution in [0.1, 0.15) is 53.3 Å². The summed E-state index contributed by atoms with van der Waals surface area (Å²) in [5, 5.41) is 20.3. The van der Waals surface area contributed by atoms with Gasteiger partial charge in [-0.2, -0.15) is 0 Å². The molecule has 2 aromatic rings. The second-order valence-electron chi connectivity index (χ2n) is 5.32. The molecule has 0 radical (unpaired) electrons. The van der Waals surface area contributed by atoms with Gasteiger partial charge in [0.1, 0.15) is 0 Å². The molecule has 0 fully saturated rings. The van der Waals surface area contributed by atoms with E-state index >= 15 is 0 Å². The van der Waals surface area contributed by atoms with Crippen molar-refractivity contribution in [2.45, 2.75) is 31.8 Å². The van der Waals surface area contributed by atoms with E-state index in [0.717, 1.165) is 24.0 Å². The first-order chi connectivity index (χ1) is 10.5. The molecule has 2 atom stereocenters. The molecule has 2 N–H and O–H groups in total. The molecule has 0 heterocycles. The van der Waals surface area contributed by atoms with Gasteiger partial charge in [0.2, 0.25) is 0 Å². The molecule has 0 unspecified atom stereocenters.